The molecule has 2 aromatic rings. The van der Waals surface area contributed by atoms with Gasteiger partial charge in [0.15, 0.2) is 6.35 Å². The molecule has 2 atom stereocenters. The molecule has 1 aliphatic rings. The number of aromatic nitrogens is 2. The minimum Gasteiger partial charge on any atom is -0.393 e. The second-order valence-corrected chi connectivity index (χ2v) is 7.13. The van der Waals surface area contributed by atoms with Crippen molar-refractivity contribution in [1.29, 1.82) is 0 Å². The van der Waals surface area contributed by atoms with Gasteiger partial charge in [0.2, 0.25) is 0 Å². The third kappa shape index (κ3) is 5.27. The SMILES string of the molecule is OC[C@@H](O)c1cnc(C2=CCN(C(O)Nc3ccc(C(F)(F)F)cn3)CC2)c(Cl)c1. The third-order valence-corrected chi connectivity index (χ3v) is 4.97. The first-order valence-electron chi connectivity index (χ1n) is 9.04. The number of alkyl halides is 3. The van der Waals surface area contributed by atoms with Crippen LogP contribution in [0.5, 0.6) is 0 Å². The number of aliphatic hydroxyl groups excluding tert-OH is 3. The van der Waals surface area contributed by atoms with Crippen LogP contribution in [0.1, 0.15) is 29.3 Å². The van der Waals surface area contributed by atoms with Crippen LogP contribution in [0.25, 0.3) is 5.57 Å². The Morgan fingerprint density at radius 2 is 1.97 bits per heavy atom. The summed E-state index contributed by atoms with van der Waals surface area (Å²) in [5, 5.41) is 32.0. The van der Waals surface area contributed by atoms with Crippen LogP contribution in [-0.2, 0) is 6.18 Å². The highest BCUT2D eigenvalue weighted by atomic mass is 35.5. The van der Waals surface area contributed by atoms with Gasteiger partial charge in [0, 0.05) is 31.0 Å². The summed E-state index contributed by atoms with van der Waals surface area (Å²) in [5.41, 5.74) is 0.959. The summed E-state index contributed by atoms with van der Waals surface area (Å²) in [6.45, 7) is 0.358. The van der Waals surface area contributed by atoms with Crippen molar-refractivity contribution in [1.82, 2.24) is 14.9 Å². The molecule has 0 fully saturated rings. The van der Waals surface area contributed by atoms with E-state index < -0.39 is 30.8 Å². The van der Waals surface area contributed by atoms with Gasteiger partial charge >= 0.3 is 6.18 Å². The van der Waals surface area contributed by atoms with Crippen LogP contribution in [-0.4, -0.2) is 56.2 Å². The Morgan fingerprint density at radius 1 is 1.20 bits per heavy atom. The molecule has 0 spiro atoms. The summed E-state index contributed by atoms with van der Waals surface area (Å²) in [4.78, 5) is 9.62. The number of rotatable bonds is 6. The van der Waals surface area contributed by atoms with E-state index in [9.17, 15) is 23.4 Å². The molecule has 3 heterocycles. The van der Waals surface area contributed by atoms with E-state index in [1.807, 2.05) is 6.08 Å². The maximum Gasteiger partial charge on any atom is 0.417 e. The largest absolute Gasteiger partial charge is 0.417 e. The average molecular weight is 445 g/mol. The molecule has 0 aliphatic carbocycles. The van der Waals surface area contributed by atoms with Crippen LogP contribution in [0.2, 0.25) is 5.02 Å². The number of aliphatic hydroxyl groups is 3. The molecule has 4 N–H and O–H groups in total. The summed E-state index contributed by atoms with van der Waals surface area (Å²) in [5.74, 6) is 0.119. The van der Waals surface area contributed by atoms with Crippen molar-refractivity contribution in [2.75, 3.05) is 25.0 Å². The number of pyridine rings is 2. The maximum atomic E-state index is 12.6. The van der Waals surface area contributed by atoms with Crippen LogP contribution in [0.4, 0.5) is 19.0 Å². The van der Waals surface area contributed by atoms with Crippen molar-refractivity contribution in [3.05, 3.63) is 58.5 Å². The van der Waals surface area contributed by atoms with Gasteiger partial charge in [-0.15, -0.1) is 0 Å². The van der Waals surface area contributed by atoms with E-state index in [4.69, 9.17) is 16.7 Å². The van der Waals surface area contributed by atoms with E-state index in [1.54, 1.807) is 11.0 Å². The van der Waals surface area contributed by atoms with Crippen molar-refractivity contribution in [2.45, 2.75) is 25.1 Å². The Balaban J connectivity index is 1.62. The summed E-state index contributed by atoms with van der Waals surface area (Å²) in [6, 6.07) is 3.59. The number of nitrogens with one attached hydrogen (secondary N) is 1. The molecule has 0 amide bonds. The lowest BCUT2D eigenvalue weighted by molar-refractivity contribution is -0.137. The average Bonchev–Trinajstić information content (AvgIpc) is 2.73. The van der Waals surface area contributed by atoms with Gasteiger partial charge in [0.25, 0.3) is 0 Å². The van der Waals surface area contributed by atoms with Gasteiger partial charge in [-0.05, 0) is 30.2 Å². The number of hydrogen-bond acceptors (Lipinski definition) is 7. The van der Waals surface area contributed by atoms with Gasteiger partial charge in [-0.1, -0.05) is 17.7 Å². The zero-order valence-corrected chi connectivity index (χ0v) is 16.4. The summed E-state index contributed by atoms with van der Waals surface area (Å²) < 4.78 is 37.8. The lowest BCUT2D eigenvalue weighted by atomic mass is 10.0. The zero-order chi connectivity index (χ0) is 21.9. The second-order valence-electron chi connectivity index (χ2n) is 6.72. The fourth-order valence-corrected chi connectivity index (χ4v) is 3.27. The van der Waals surface area contributed by atoms with E-state index in [0.29, 0.717) is 42.0 Å². The van der Waals surface area contributed by atoms with Crippen LogP contribution in [0.3, 0.4) is 0 Å². The molecule has 0 radical (unpaired) electrons. The van der Waals surface area contributed by atoms with Gasteiger partial charge in [-0.3, -0.25) is 9.88 Å². The molecule has 30 heavy (non-hydrogen) atoms. The van der Waals surface area contributed by atoms with Crippen LogP contribution < -0.4 is 5.32 Å². The van der Waals surface area contributed by atoms with Crippen molar-refractivity contribution >= 4 is 23.0 Å². The van der Waals surface area contributed by atoms with Gasteiger partial charge in [0.1, 0.15) is 11.9 Å². The van der Waals surface area contributed by atoms with Gasteiger partial charge in [-0.25, -0.2) is 4.98 Å². The zero-order valence-electron chi connectivity index (χ0n) is 15.6. The van der Waals surface area contributed by atoms with E-state index in [-0.39, 0.29) is 5.82 Å². The lowest BCUT2D eigenvalue weighted by Gasteiger charge is -2.31. The molecule has 1 aliphatic heterocycles. The van der Waals surface area contributed by atoms with E-state index in [1.165, 1.54) is 6.20 Å². The minimum atomic E-state index is -4.47. The molecular formula is C19H20ClF3N4O3. The Morgan fingerprint density at radius 3 is 2.50 bits per heavy atom. The summed E-state index contributed by atoms with van der Waals surface area (Å²) in [6.07, 6.45) is -2.16. The molecule has 1 unspecified atom stereocenters. The predicted octanol–water partition coefficient (Wildman–Crippen LogP) is 2.65. The smallest absolute Gasteiger partial charge is 0.393 e. The van der Waals surface area contributed by atoms with Gasteiger partial charge in [-0.2, -0.15) is 13.2 Å². The molecular weight excluding hydrogens is 425 g/mol. The molecule has 0 saturated heterocycles. The second kappa shape index (κ2) is 9.27. The van der Waals surface area contributed by atoms with Crippen LogP contribution >= 0.6 is 11.6 Å². The number of hydrogen-bond donors (Lipinski definition) is 4. The van der Waals surface area contributed by atoms with E-state index in [0.717, 1.165) is 17.7 Å². The Labute approximate surface area is 175 Å². The van der Waals surface area contributed by atoms with Gasteiger partial charge < -0.3 is 20.6 Å². The standard InChI is InChI=1S/C19H20ClF3N4O3/c20-14-7-12(15(29)10-28)8-25-17(14)11-3-5-27(6-4-11)18(30)26-16-2-1-13(9-24-16)19(21,22)23/h1-3,7-9,15,18,28-30H,4-6,10H2,(H,24,26)/t15-,18?/m1/s1. The first-order valence-corrected chi connectivity index (χ1v) is 9.42. The highest BCUT2D eigenvalue weighted by Crippen LogP contribution is 2.30. The summed E-state index contributed by atoms with van der Waals surface area (Å²) in [7, 11) is 0. The minimum absolute atomic E-state index is 0.119. The van der Waals surface area contributed by atoms with Crippen molar-refractivity contribution in [2.24, 2.45) is 0 Å². The Hall–Kier alpha value is -2.24. The third-order valence-electron chi connectivity index (χ3n) is 4.68. The lowest BCUT2D eigenvalue weighted by Crippen LogP contribution is -2.43. The normalized spacial score (nSPS) is 17.4. The molecule has 0 saturated carbocycles. The topological polar surface area (TPSA) is 102 Å². The molecule has 0 bridgehead atoms. The highest BCUT2D eigenvalue weighted by molar-refractivity contribution is 6.32. The van der Waals surface area contributed by atoms with E-state index in [2.05, 4.69) is 15.3 Å². The van der Waals surface area contributed by atoms with Crippen molar-refractivity contribution in [3.8, 4) is 0 Å². The van der Waals surface area contributed by atoms with Crippen molar-refractivity contribution in [3.63, 3.8) is 0 Å². The fraction of sp³-hybridized carbons (Fsp3) is 0.368. The first kappa shape index (κ1) is 22.4. The number of nitrogens with zero attached hydrogens (tertiary/aromatic N) is 3. The quantitative estimate of drug-likeness (QED) is 0.508. The van der Waals surface area contributed by atoms with Crippen molar-refractivity contribution < 1.29 is 28.5 Å². The summed E-state index contributed by atoms with van der Waals surface area (Å²) >= 11 is 6.26. The molecule has 0 aromatic carbocycles. The maximum absolute atomic E-state index is 12.6. The fourth-order valence-electron chi connectivity index (χ4n) is 2.97. The van der Waals surface area contributed by atoms with Gasteiger partial charge in [0.05, 0.1) is 22.9 Å². The predicted molar refractivity (Wildman–Crippen MR) is 104 cm³/mol. The van der Waals surface area contributed by atoms with Crippen LogP contribution in [0, 0.1) is 0 Å². The monoisotopic (exact) mass is 444 g/mol. The Bertz CT molecular complexity index is 909. The molecule has 11 heteroatoms. The number of anilines is 1. The highest BCUT2D eigenvalue weighted by Gasteiger charge is 2.31. The molecule has 3 rings (SSSR count). The molecule has 162 valence electrons. The molecule has 7 nitrogen and oxygen atoms in total. The first-order chi connectivity index (χ1) is 14.2. The molecule has 2 aromatic heterocycles. The number of halogens is 4. The van der Waals surface area contributed by atoms with E-state index >= 15 is 0 Å². The Kier molecular flexibility index (Phi) is 6.94. The van der Waals surface area contributed by atoms with Crippen LogP contribution in [0.15, 0.2) is 36.7 Å².